The molecule has 0 unspecified atom stereocenters. The molecule has 0 saturated heterocycles. The van der Waals surface area contributed by atoms with Crippen molar-refractivity contribution in [2.75, 3.05) is 13.2 Å². The molecule has 1 rings (SSSR count). The van der Waals surface area contributed by atoms with E-state index in [1.165, 1.54) is 6.92 Å². The van der Waals surface area contributed by atoms with Gasteiger partial charge in [0.15, 0.2) is 0 Å². The number of rotatable bonds is 8. The number of carbonyl (C=O) groups excluding carboxylic acids is 1. The maximum Gasteiger partial charge on any atom is 0.380 e. The number of hydrogen-bond donors (Lipinski definition) is 0. The zero-order valence-electron chi connectivity index (χ0n) is 13.1. The van der Waals surface area contributed by atoms with Gasteiger partial charge in [0.2, 0.25) is 0 Å². The molecule has 1 aromatic rings. The van der Waals surface area contributed by atoms with Gasteiger partial charge in [0.1, 0.15) is 5.75 Å². The van der Waals surface area contributed by atoms with E-state index >= 15 is 0 Å². The van der Waals surface area contributed by atoms with E-state index in [4.69, 9.17) is 25.4 Å². The van der Waals surface area contributed by atoms with Crippen LogP contribution in [0.3, 0.4) is 0 Å². The van der Waals surface area contributed by atoms with Crippen LogP contribution in [0.15, 0.2) is 29.4 Å². The van der Waals surface area contributed by atoms with Gasteiger partial charge in [0.25, 0.3) is 0 Å². The Labute approximate surface area is 135 Å². The summed E-state index contributed by atoms with van der Waals surface area (Å²) < 4.78 is 16.5. The summed E-state index contributed by atoms with van der Waals surface area (Å²) in [6.07, 6.45) is 0. The highest BCUT2D eigenvalue weighted by atomic mass is 32.5. The lowest BCUT2D eigenvalue weighted by Gasteiger charge is -2.21. The van der Waals surface area contributed by atoms with Crippen molar-refractivity contribution in [1.29, 1.82) is 0 Å². The van der Waals surface area contributed by atoms with E-state index in [-0.39, 0.29) is 0 Å². The summed E-state index contributed by atoms with van der Waals surface area (Å²) in [4.78, 5) is 15.3. The fourth-order valence-corrected chi connectivity index (χ4v) is 3.56. The Kier molecular flexibility index (Phi) is 7.68. The molecular weight excluding hydrogens is 325 g/mol. The Morgan fingerprint density at radius 3 is 2.14 bits per heavy atom. The van der Waals surface area contributed by atoms with E-state index < -0.39 is 12.7 Å². The molecule has 0 spiro atoms. The van der Waals surface area contributed by atoms with Gasteiger partial charge < -0.3 is 9.36 Å². The van der Waals surface area contributed by atoms with E-state index in [9.17, 15) is 4.79 Å². The van der Waals surface area contributed by atoms with E-state index in [1.807, 2.05) is 13.8 Å². The molecule has 0 radical (unpaired) electrons. The maximum absolute atomic E-state index is 10.7. The molecule has 0 bridgehead atoms. The minimum absolute atomic E-state index is 0.420. The fourth-order valence-electron chi connectivity index (χ4n) is 1.48. The summed E-state index contributed by atoms with van der Waals surface area (Å²) in [7, 11) is 0. The van der Waals surface area contributed by atoms with Crippen LogP contribution >= 0.6 is 6.72 Å². The van der Waals surface area contributed by atoms with Gasteiger partial charge in [-0.3, -0.25) is 9.05 Å². The Balaban J connectivity index is 2.81. The molecular formula is C14H20NO5PS. The summed E-state index contributed by atoms with van der Waals surface area (Å²) >= 11 is 5.30. The smallest absolute Gasteiger partial charge is 0.380 e. The zero-order valence-corrected chi connectivity index (χ0v) is 14.8. The molecule has 0 aliphatic carbocycles. The first-order chi connectivity index (χ1) is 10.4. The molecule has 0 aromatic heterocycles. The minimum Gasteiger partial charge on any atom is -0.424 e. The first kappa shape index (κ1) is 18.8. The van der Waals surface area contributed by atoms with Gasteiger partial charge in [-0.15, -0.1) is 0 Å². The molecule has 0 atom stereocenters. The summed E-state index contributed by atoms with van der Waals surface area (Å²) in [6, 6.07) is 7.05. The van der Waals surface area contributed by atoms with Crippen LogP contribution in [0.4, 0.5) is 0 Å². The predicted octanol–water partition coefficient (Wildman–Crippen LogP) is 3.65. The van der Waals surface area contributed by atoms with Crippen LogP contribution < -0.4 is 4.52 Å². The highest BCUT2D eigenvalue weighted by molar-refractivity contribution is 8.07. The molecule has 0 N–H and O–H groups in total. The first-order valence-corrected chi connectivity index (χ1v) is 9.37. The number of benzene rings is 1. The summed E-state index contributed by atoms with van der Waals surface area (Å²) in [6.45, 7) is 4.77. The molecule has 0 aliphatic heterocycles. The molecule has 1 aromatic carbocycles. The van der Waals surface area contributed by atoms with Crippen LogP contribution in [0.2, 0.25) is 0 Å². The lowest BCUT2D eigenvalue weighted by Crippen LogP contribution is -2.03. The Hall–Kier alpha value is -1.27. The molecule has 8 heteroatoms. The van der Waals surface area contributed by atoms with Crippen LogP contribution in [-0.2, 0) is 30.5 Å². The van der Waals surface area contributed by atoms with Crippen molar-refractivity contribution in [3.63, 3.8) is 0 Å². The van der Waals surface area contributed by atoms with E-state index in [1.54, 1.807) is 31.2 Å². The monoisotopic (exact) mass is 345 g/mol. The molecule has 0 saturated carbocycles. The van der Waals surface area contributed by atoms with Gasteiger partial charge in [-0.2, -0.15) is 0 Å². The number of nitrogens with zero attached hydrogens (tertiary/aromatic N) is 1. The molecule has 22 heavy (non-hydrogen) atoms. The van der Waals surface area contributed by atoms with Crippen LogP contribution in [0.25, 0.3) is 0 Å². The van der Waals surface area contributed by atoms with Gasteiger partial charge in [-0.25, -0.2) is 4.79 Å². The number of carbonyl (C=O) groups is 1. The topological polar surface area (TPSA) is 66.3 Å². The third-order valence-electron chi connectivity index (χ3n) is 2.37. The highest BCUT2D eigenvalue weighted by Crippen LogP contribution is 2.49. The lowest BCUT2D eigenvalue weighted by atomic mass is 10.1. The van der Waals surface area contributed by atoms with Crippen LogP contribution in [0.5, 0.6) is 5.75 Å². The van der Waals surface area contributed by atoms with Crippen LogP contribution in [0.1, 0.15) is 33.3 Å². The molecule has 0 fully saturated rings. The van der Waals surface area contributed by atoms with Crippen molar-refractivity contribution in [3.05, 3.63) is 29.8 Å². The molecule has 0 heterocycles. The second kappa shape index (κ2) is 9.00. The average molecular weight is 345 g/mol. The molecule has 0 aliphatic rings. The van der Waals surface area contributed by atoms with Crippen molar-refractivity contribution >= 4 is 30.2 Å². The predicted molar refractivity (Wildman–Crippen MR) is 88.6 cm³/mol. The Morgan fingerprint density at radius 2 is 1.68 bits per heavy atom. The maximum atomic E-state index is 10.7. The van der Waals surface area contributed by atoms with Gasteiger partial charge in [0, 0.05) is 18.7 Å². The normalized spacial score (nSPS) is 12.1. The van der Waals surface area contributed by atoms with E-state index in [2.05, 4.69) is 9.99 Å². The summed E-state index contributed by atoms with van der Waals surface area (Å²) in [5.74, 6) is 0.0858. The molecule has 6 nitrogen and oxygen atoms in total. The second-order valence-electron chi connectivity index (χ2n) is 4.16. The van der Waals surface area contributed by atoms with Crippen molar-refractivity contribution in [2.24, 2.45) is 5.16 Å². The largest absolute Gasteiger partial charge is 0.424 e. The standard InChI is InChI=1S/C14H20NO5PS/c1-5-17-21(22,18-6-2)20-14-9-7-13(8-10-14)11(3)15-19-12(4)16/h7-10H,5-6H2,1-4H3/b15-11-. The Morgan fingerprint density at radius 1 is 1.14 bits per heavy atom. The lowest BCUT2D eigenvalue weighted by molar-refractivity contribution is -0.140. The van der Waals surface area contributed by atoms with Gasteiger partial charge >= 0.3 is 12.7 Å². The highest BCUT2D eigenvalue weighted by Gasteiger charge is 2.21. The molecule has 0 amide bonds. The van der Waals surface area contributed by atoms with Crippen molar-refractivity contribution in [3.8, 4) is 5.75 Å². The quantitative estimate of drug-likeness (QED) is 0.310. The Bertz CT molecular complexity index is 563. The third kappa shape index (κ3) is 6.23. The third-order valence-corrected chi connectivity index (χ3v) is 4.81. The zero-order chi connectivity index (χ0) is 16.6. The fraction of sp³-hybridized carbons (Fsp3) is 0.429. The minimum atomic E-state index is -2.77. The number of oxime groups is 1. The van der Waals surface area contributed by atoms with Crippen molar-refractivity contribution in [1.82, 2.24) is 0 Å². The SMILES string of the molecule is CCOP(=S)(OCC)Oc1ccc(/C(C)=N\OC(C)=O)cc1. The van der Waals surface area contributed by atoms with Crippen molar-refractivity contribution in [2.45, 2.75) is 27.7 Å². The van der Waals surface area contributed by atoms with Crippen molar-refractivity contribution < 1.29 is 23.2 Å². The van der Waals surface area contributed by atoms with Crippen LogP contribution in [0, 0.1) is 0 Å². The van der Waals surface area contributed by atoms with Gasteiger partial charge in [-0.1, -0.05) is 5.16 Å². The summed E-state index contributed by atoms with van der Waals surface area (Å²) in [5, 5.41) is 3.72. The van der Waals surface area contributed by atoms with E-state index in [0.717, 1.165) is 5.56 Å². The number of hydrogen-bond acceptors (Lipinski definition) is 7. The first-order valence-electron chi connectivity index (χ1n) is 6.81. The van der Waals surface area contributed by atoms with E-state index in [0.29, 0.717) is 24.7 Å². The van der Waals surface area contributed by atoms with Gasteiger partial charge in [0.05, 0.1) is 18.9 Å². The van der Waals surface area contributed by atoms with Crippen LogP contribution in [-0.4, -0.2) is 24.9 Å². The summed E-state index contributed by atoms with van der Waals surface area (Å²) in [5.41, 5.74) is 1.38. The average Bonchev–Trinajstić information content (AvgIpc) is 2.45. The molecule has 122 valence electrons. The second-order valence-corrected chi connectivity index (χ2v) is 7.09. The van der Waals surface area contributed by atoms with Gasteiger partial charge in [-0.05, 0) is 50.6 Å².